The number of imide groups is 1. The summed E-state index contributed by atoms with van der Waals surface area (Å²) in [6.07, 6.45) is 1.70. The lowest BCUT2D eigenvalue weighted by molar-refractivity contribution is -0.123. The van der Waals surface area contributed by atoms with Gasteiger partial charge in [0.15, 0.2) is 0 Å². The monoisotopic (exact) mass is 389 g/mol. The largest absolute Gasteiger partial charge is 0.497 e. The highest BCUT2D eigenvalue weighted by Gasteiger charge is 2.34. The summed E-state index contributed by atoms with van der Waals surface area (Å²) >= 11 is 6.75. The molecule has 1 aliphatic heterocycles. The van der Waals surface area contributed by atoms with E-state index in [0.29, 0.717) is 15.7 Å². The van der Waals surface area contributed by atoms with Crippen LogP contribution in [0.2, 0.25) is 5.02 Å². The molecule has 0 spiro atoms. The highest BCUT2D eigenvalue weighted by Crippen LogP contribution is 2.32. The molecule has 2 amide bonds. The topological polar surface area (TPSA) is 55.8 Å². The van der Waals surface area contributed by atoms with Crippen molar-refractivity contribution in [1.82, 2.24) is 4.90 Å². The molecule has 0 bridgehead atoms. The lowest BCUT2D eigenvalue weighted by Crippen LogP contribution is -2.32. The number of rotatable bonds is 6. The normalized spacial score (nSPS) is 15.6. The second-order valence-corrected chi connectivity index (χ2v) is 6.84. The molecule has 1 fully saturated rings. The average molecular weight is 390 g/mol. The van der Waals surface area contributed by atoms with Crippen LogP contribution in [-0.4, -0.2) is 36.3 Å². The van der Waals surface area contributed by atoms with E-state index in [9.17, 15) is 9.59 Å². The van der Waals surface area contributed by atoms with Gasteiger partial charge in [-0.25, -0.2) is 0 Å². The molecule has 0 radical (unpaired) electrons. The molecule has 1 saturated heterocycles. The maximum atomic E-state index is 12.4. The van der Waals surface area contributed by atoms with Crippen molar-refractivity contribution < 1.29 is 19.1 Å². The molecule has 0 atom stereocenters. The number of carbonyl (C=O) groups excluding carboxylic acids is 2. The Morgan fingerprint density at radius 3 is 2.35 bits per heavy atom. The summed E-state index contributed by atoms with van der Waals surface area (Å²) in [4.78, 5) is 26.1. The number of carbonyl (C=O) groups is 2. The fourth-order valence-electron chi connectivity index (χ4n) is 2.33. The van der Waals surface area contributed by atoms with Crippen LogP contribution in [0.25, 0.3) is 6.08 Å². The van der Waals surface area contributed by atoms with Crippen LogP contribution in [0.4, 0.5) is 4.79 Å². The quantitative estimate of drug-likeness (QED) is 0.682. The minimum atomic E-state index is -0.310. The second-order valence-electron chi connectivity index (χ2n) is 5.41. The van der Waals surface area contributed by atoms with Gasteiger partial charge in [0.25, 0.3) is 11.1 Å². The summed E-state index contributed by atoms with van der Waals surface area (Å²) in [6, 6.07) is 14.2. The number of methoxy groups -OCH3 is 1. The van der Waals surface area contributed by atoms with E-state index in [1.807, 2.05) is 12.1 Å². The first-order chi connectivity index (χ1) is 12.6. The smallest absolute Gasteiger partial charge is 0.293 e. The van der Waals surface area contributed by atoms with E-state index in [-0.39, 0.29) is 24.3 Å². The number of amides is 2. The molecule has 0 saturated carbocycles. The molecule has 1 aliphatic rings. The molecule has 0 N–H and O–H groups in total. The van der Waals surface area contributed by atoms with Crippen molar-refractivity contribution in [1.29, 1.82) is 0 Å². The van der Waals surface area contributed by atoms with Crippen LogP contribution in [0, 0.1) is 0 Å². The van der Waals surface area contributed by atoms with Crippen molar-refractivity contribution in [2.45, 2.75) is 0 Å². The first-order valence-corrected chi connectivity index (χ1v) is 9.04. The van der Waals surface area contributed by atoms with Gasteiger partial charge in [0, 0.05) is 5.02 Å². The van der Waals surface area contributed by atoms with Gasteiger partial charge in [-0.1, -0.05) is 23.7 Å². The zero-order valence-electron chi connectivity index (χ0n) is 14.0. The minimum Gasteiger partial charge on any atom is -0.497 e. The molecule has 2 aromatic rings. The molecule has 0 unspecified atom stereocenters. The van der Waals surface area contributed by atoms with Gasteiger partial charge >= 0.3 is 0 Å². The van der Waals surface area contributed by atoms with Crippen LogP contribution in [-0.2, 0) is 4.79 Å². The van der Waals surface area contributed by atoms with Crippen molar-refractivity contribution in [3.63, 3.8) is 0 Å². The Kier molecular flexibility index (Phi) is 5.85. The predicted octanol–water partition coefficient (Wildman–Crippen LogP) is 4.46. The minimum absolute atomic E-state index is 0.188. The van der Waals surface area contributed by atoms with Gasteiger partial charge in [-0.15, -0.1) is 0 Å². The molecular formula is C19H16ClNO4S. The van der Waals surface area contributed by atoms with Crippen molar-refractivity contribution in [2.24, 2.45) is 0 Å². The van der Waals surface area contributed by atoms with Crippen LogP contribution >= 0.6 is 23.4 Å². The van der Waals surface area contributed by atoms with Gasteiger partial charge in [-0.2, -0.15) is 0 Å². The van der Waals surface area contributed by atoms with Crippen LogP contribution in [0.15, 0.2) is 53.4 Å². The molecule has 5 nitrogen and oxygen atoms in total. The molecule has 26 heavy (non-hydrogen) atoms. The molecule has 134 valence electrons. The third-order valence-corrected chi connectivity index (χ3v) is 4.84. The van der Waals surface area contributed by atoms with E-state index in [4.69, 9.17) is 21.1 Å². The summed E-state index contributed by atoms with van der Waals surface area (Å²) in [5.74, 6) is 1.06. The standard InChI is InChI=1S/C19H16ClNO4S/c1-24-15-6-2-13(3-7-15)12-17-18(22)21(19(23)26-17)10-11-25-16-8-4-14(20)5-9-16/h2-9,12H,10-11H2,1H3/b17-12-. The van der Waals surface area contributed by atoms with Crippen LogP contribution in [0.1, 0.15) is 5.56 Å². The zero-order valence-corrected chi connectivity index (χ0v) is 15.5. The van der Waals surface area contributed by atoms with E-state index in [0.717, 1.165) is 23.1 Å². The SMILES string of the molecule is COc1ccc(/C=C2\SC(=O)N(CCOc3ccc(Cl)cc3)C2=O)cc1. The predicted molar refractivity (Wildman–Crippen MR) is 103 cm³/mol. The maximum Gasteiger partial charge on any atom is 0.293 e. The van der Waals surface area contributed by atoms with Crippen LogP contribution in [0.5, 0.6) is 11.5 Å². The van der Waals surface area contributed by atoms with Gasteiger partial charge in [0.1, 0.15) is 18.1 Å². The summed E-state index contributed by atoms with van der Waals surface area (Å²) in [6.45, 7) is 0.405. The third kappa shape index (κ3) is 4.39. The van der Waals surface area contributed by atoms with Crippen molar-refractivity contribution in [3.8, 4) is 11.5 Å². The van der Waals surface area contributed by atoms with Crippen molar-refractivity contribution >= 4 is 40.6 Å². The Labute approximate surface area is 160 Å². The van der Waals surface area contributed by atoms with E-state index in [1.54, 1.807) is 49.6 Å². The molecule has 1 heterocycles. The molecule has 0 aromatic heterocycles. The Balaban J connectivity index is 1.60. The number of hydrogen-bond donors (Lipinski definition) is 0. The Hall–Kier alpha value is -2.44. The van der Waals surface area contributed by atoms with Gasteiger partial charge in [0.2, 0.25) is 0 Å². The molecule has 3 rings (SSSR count). The number of halogens is 1. The molecular weight excluding hydrogens is 374 g/mol. The summed E-state index contributed by atoms with van der Waals surface area (Å²) < 4.78 is 10.7. The third-order valence-electron chi connectivity index (χ3n) is 3.68. The van der Waals surface area contributed by atoms with Crippen molar-refractivity contribution in [2.75, 3.05) is 20.3 Å². The van der Waals surface area contributed by atoms with Gasteiger partial charge in [0.05, 0.1) is 18.6 Å². The fourth-order valence-corrected chi connectivity index (χ4v) is 3.32. The van der Waals surface area contributed by atoms with E-state index in [2.05, 4.69) is 0 Å². The number of thioether (sulfide) groups is 1. The highest BCUT2D eigenvalue weighted by molar-refractivity contribution is 8.18. The average Bonchev–Trinajstić information content (AvgIpc) is 2.91. The van der Waals surface area contributed by atoms with Gasteiger partial charge in [-0.3, -0.25) is 14.5 Å². The number of hydrogen-bond acceptors (Lipinski definition) is 5. The van der Waals surface area contributed by atoms with E-state index < -0.39 is 0 Å². The first kappa shape index (κ1) is 18.4. The molecule has 0 aliphatic carbocycles. The van der Waals surface area contributed by atoms with Crippen LogP contribution < -0.4 is 9.47 Å². The Morgan fingerprint density at radius 2 is 1.69 bits per heavy atom. The van der Waals surface area contributed by atoms with E-state index in [1.165, 1.54) is 4.90 Å². The summed E-state index contributed by atoms with van der Waals surface area (Å²) in [5, 5.41) is 0.321. The second kappa shape index (κ2) is 8.29. The summed E-state index contributed by atoms with van der Waals surface area (Å²) in [5.41, 5.74) is 0.828. The van der Waals surface area contributed by atoms with E-state index >= 15 is 0 Å². The highest BCUT2D eigenvalue weighted by atomic mass is 35.5. The lowest BCUT2D eigenvalue weighted by atomic mass is 10.2. The summed E-state index contributed by atoms with van der Waals surface area (Å²) in [7, 11) is 1.59. The van der Waals surface area contributed by atoms with Gasteiger partial charge in [-0.05, 0) is 59.8 Å². The Morgan fingerprint density at radius 1 is 1.04 bits per heavy atom. The first-order valence-electron chi connectivity index (χ1n) is 7.84. The fraction of sp³-hybridized carbons (Fsp3) is 0.158. The molecule has 7 heteroatoms. The van der Waals surface area contributed by atoms with Crippen LogP contribution in [0.3, 0.4) is 0 Å². The number of nitrogens with zero attached hydrogens (tertiary/aromatic N) is 1. The maximum absolute atomic E-state index is 12.4. The Bertz CT molecular complexity index is 834. The van der Waals surface area contributed by atoms with Gasteiger partial charge < -0.3 is 9.47 Å². The number of ether oxygens (including phenoxy) is 2. The lowest BCUT2D eigenvalue weighted by Gasteiger charge is -2.13. The number of benzene rings is 2. The van der Waals surface area contributed by atoms with Crippen molar-refractivity contribution in [3.05, 3.63) is 64.0 Å². The molecule has 2 aromatic carbocycles. The zero-order chi connectivity index (χ0) is 18.5.